The van der Waals surface area contributed by atoms with Crippen molar-refractivity contribution in [1.29, 1.82) is 0 Å². The molecule has 8 unspecified atom stereocenters. The second-order valence-corrected chi connectivity index (χ2v) is 20.8. The summed E-state index contributed by atoms with van der Waals surface area (Å²) in [5.41, 5.74) is 0. The Labute approximate surface area is 457 Å². The monoisotopic (exact) mass is 1050 g/mol. The summed E-state index contributed by atoms with van der Waals surface area (Å²) >= 11 is 0. The highest BCUT2D eigenvalue weighted by molar-refractivity contribution is 5.80. The molecule has 0 aromatic carbocycles. The van der Waals surface area contributed by atoms with Crippen molar-refractivity contribution in [2.75, 3.05) is 13.2 Å². The SMILES string of the molecule is CC/C=C/C=C/C=C/C=C\CCCCCCC(O)C(=O)NC(COC1OC(CO)C(O)C(O)C1OC(=O)CCCCCCCCCCCCC/C=C\C/C=C\CCCCC)C(O)/C=C/CCCCCCCCCCC. The predicted molar refractivity (Wildman–Crippen MR) is 310 cm³/mol. The molecule has 8 atom stereocenters. The summed E-state index contributed by atoms with van der Waals surface area (Å²) in [6, 6.07) is -1.04. The number of carbonyl (C=O) groups excluding carboxylic acids is 2. The van der Waals surface area contributed by atoms with Crippen molar-refractivity contribution in [3.63, 3.8) is 0 Å². The van der Waals surface area contributed by atoms with Gasteiger partial charge in [0, 0.05) is 6.42 Å². The standard InChI is InChI=1S/C64H111NO10/c1-4-7-10-13-16-19-22-24-26-27-28-29-30-31-32-34-37-40-43-46-49-52-59(69)75-62-61(71)60(70)58(53-66)74-64(62)73-54-55(56(67)50-47-44-41-38-35-21-18-15-12-9-6-3)65-63(72)57(68)51-48-45-42-39-36-33-25-23-20-17-14-11-8-5-2/h8,11,14,16-17,19-20,23-26,33,47,50,55-58,60-62,64,66-68,70-71H,4-7,9-10,12-13,15,18,21-22,27-32,34-46,48-49,51-54H2,1-3H3,(H,65,72)/b11-8+,17-14+,19-16-,23-20+,26-24-,33-25-,50-47+. The first kappa shape index (κ1) is 69.9. The normalized spacial score (nSPS) is 19.8. The zero-order valence-electron chi connectivity index (χ0n) is 47.6. The molecule has 0 aromatic heterocycles. The molecule has 1 saturated heterocycles. The van der Waals surface area contributed by atoms with Crippen LogP contribution in [0.5, 0.6) is 0 Å². The number of unbranched alkanes of at least 4 members (excludes halogenated alkanes) is 27. The van der Waals surface area contributed by atoms with E-state index >= 15 is 0 Å². The van der Waals surface area contributed by atoms with Gasteiger partial charge in [0.25, 0.3) is 0 Å². The van der Waals surface area contributed by atoms with E-state index in [1.165, 1.54) is 116 Å². The molecule has 0 spiro atoms. The van der Waals surface area contributed by atoms with Gasteiger partial charge in [0.15, 0.2) is 12.4 Å². The highest BCUT2D eigenvalue weighted by atomic mass is 16.7. The van der Waals surface area contributed by atoms with E-state index in [1.54, 1.807) is 6.08 Å². The molecule has 0 aliphatic carbocycles. The molecule has 0 saturated carbocycles. The summed E-state index contributed by atoms with van der Waals surface area (Å²) in [7, 11) is 0. The fourth-order valence-electron chi connectivity index (χ4n) is 9.04. The molecule has 1 heterocycles. The number of carbonyl (C=O) groups is 2. The van der Waals surface area contributed by atoms with Crippen molar-refractivity contribution in [2.45, 2.75) is 294 Å². The number of esters is 1. The van der Waals surface area contributed by atoms with E-state index in [4.69, 9.17) is 14.2 Å². The number of amides is 1. The van der Waals surface area contributed by atoms with Crippen LogP contribution in [0.2, 0.25) is 0 Å². The van der Waals surface area contributed by atoms with E-state index < -0.39 is 67.4 Å². The average molecular weight is 1050 g/mol. The van der Waals surface area contributed by atoms with Crippen LogP contribution in [0.15, 0.2) is 85.1 Å². The molecule has 1 aliphatic heterocycles. The molecule has 11 heteroatoms. The van der Waals surface area contributed by atoms with Gasteiger partial charge in [0.05, 0.1) is 25.4 Å². The summed E-state index contributed by atoms with van der Waals surface area (Å²) in [6.45, 7) is 5.59. The topological polar surface area (TPSA) is 175 Å². The number of ether oxygens (including phenoxy) is 3. The van der Waals surface area contributed by atoms with Crippen molar-refractivity contribution >= 4 is 11.9 Å². The van der Waals surface area contributed by atoms with Crippen LogP contribution in [-0.2, 0) is 23.8 Å². The first-order valence-electron chi connectivity index (χ1n) is 30.4. The minimum absolute atomic E-state index is 0.115. The smallest absolute Gasteiger partial charge is 0.306 e. The van der Waals surface area contributed by atoms with Crippen LogP contribution in [0.25, 0.3) is 0 Å². The Morgan fingerprint density at radius 1 is 0.547 bits per heavy atom. The number of nitrogens with one attached hydrogen (secondary N) is 1. The Kier molecular flexibility index (Phi) is 48.0. The predicted octanol–water partition coefficient (Wildman–Crippen LogP) is 14.2. The summed E-state index contributed by atoms with van der Waals surface area (Å²) in [6.07, 6.45) is 56.2. The lowest BCUT2D eigenvalue weighted by molar-refractivity contribution is -0.305. The molecule has 0 bridgehead atoms. The van der Waals surface area contributed by atoms with Crippen molar-refractivity contribution in [1.82, 2.24) is 5.32 Å². The number of hydrogen-bond acceptors (Lipinski definition) is 10. The highest BCUT2D eigenvalue weighted by Gasteiger charge is 2.47. The Balaban J connectivity index is 2.66. The highest BCUT2D eigenvalue weighted by Crippen LogP contribution is 2.26. The zero-order valence-corrected chi connectivity index (χ0v) is 47.6. The fourth-order valence-corrected chi connectivity index (χ4v) is 9.04. The van der Waals surface area contributed by atoms with Crippen LogP contribution in [0.4, 0.5) is 0 Å². The molecule has 1 amide bonds. The van der Waals surface area contributed by atoms with E-state index in [2.05, 4.69) is 62.5 Å². The van der Waals surface area contributed by atoms with E-state index in [0.717, 1.165) is 83.5 Å². The van der Waals surface area contributed by atoms with Crippen molar-refractivity contribution in [3.8, 4) is 0 Å². The lowest BCUT2D eigenvalue weighted by atomic mass is 9.99. The molecular weight excluding hydrogens is 943 g/mol. The lowest BCUT2D eigenvalue weighted by Crippen LogP contribution is -2.61. The minimum atomic E-state index is -1.62. The lowest BCUT2D eigenvalue weighted by Gasteiger charge is -2.41. The average Bonchev–Trinajstić information content (AvgIpc) is 3.41. The molecule has 75 heavy (non-hydrogen) atoms. The number of hydrogen-bond donors (Lipinski definition) is 6. The van der Waals surface area contributed by atoms with Gasteiger partial charge in [-0.2, -0.15) is 0 Å². The summed E-state index contributed by atoms with van der Waals surface area (Å²) < 4.78 is 17.6. The molecule has 0 aromatic rings. The van der Waals surface area contributed by atoms with E-state index in [-0.39, 0.29) is 19.4 Å². The molecule has 432 valence electrons. The molecule has 0 radical (unpaired) electrons. The number of rotatable bonds is 50. The van der Waals surface area contributed by atoms with Gasteiger partial charge in [-0.15, -0.1) is 0 Å². The van der Waals surface area contributed by atoms with Gasteiger partial charge in [-0.3, -0.25) is 9.59 Å². The second-order valence-electron chi connectivity index (χ2n) is 20.8. The third kappa shape index (κ3) is 39.8. The van der Waals surface area contributed by atoms with Gasteiger partial charge in [0.2, 0.25) is 5.91 Å². The molecule has 6 N–H and O–H groups in total. The van der Waals surface area contributed by atoms with Gasteiger partial charge in [-0.1, -0.05) is 247 Å². The van der Waals surface area contributed by atoms with Crippen LogP contribution in [0, 0.1) is 0 Å². The summed E-state index contributed by atoms with van der Waals surface area (Å²) in [4.78, 5) is 26.5. The maximum Gasteiger partial charge on any atom is 0.306 e. The molecule has 11 nitrogen and oxygen atoms in total. The third-order valence-electron chi connectivity index (χ3n) is 13.9. The second kappa shape index (κ2) is 51.6. The van der Waals surface area contributed by atoms with Crippen LogP contribution in [-0.4, -0.2) is 99.6 Å². The van der Waals surface area contributed by atoms with Crippen LogP contribution < -0.4 is 5.32 Å². The van der Waals surface area contributed by atoms with E-state index in [1.807, 2.05) is 42.5 Å². The van der Waals surface area contributed by atoms with E-state index in [0.29, 0.717) is 12.8 Å². The Bertz CT molecular complexity index is 1540. The first-order chi connectivity index (χ1) is 36.7. The zero-order chi connectivity index (χ0) is 54.7. The Morgan fingerprint density at radius 2 is 1.01 bits per heavy atom. The Morgan fingerprint density at radius 3 is 1.57 bits per heavy atom. The number of aliphatic hydroxyl groups is 5. The molecule has 1 fully saturated rings. The van der Waals surface area contributed by atoms with Crippen LogP contribution in [0.3, 0.4) is 0 Å². The van der Waals surface area contributed by atoms with Crippen molar-refractivity contribution in [2.24, 2.45) is 0 Å². The van der Waals surface area contributed by atoms with Gasteiger partial charge >= 0.3 is 5.97 Å². The van der Waals surface area contributed by atoms with Gasteiger partial charge in [0.1, 0.15) is 24.4 Å². The van der Waals surface area contributed by atoms with Crippen LogP contribution in [0.1, 0.15) is 245 Å². The summed E-state index contributed by atoms with van der Waals surface area (Å²) in [5.74, 6) is -1.22. The Hall–Kier alpha value is -3.16. The molecule has 1 aliphatic rings. The van der Waals surface area contributed by atoms with Gasteiger partial charge < -0.3 is 45.1 Å². The molecular formula is C64H111NO10. The van der Waals surface area contributed by atoms with Crippen LogP contribution >= 0.6 is 0 Å². The quantitative estimate of drug-likeness (QED) is 0.0149. The maximum absolute atomic E-state index is 13.4. The minimum Gasteiger partial charge on any atom is -0.454 e. The van der Waals surface area contributed by atoms with E-state index in [9.17, 15) is 35.1 Å². The van der Waals surface area contributed by atoms with Gasteiger partial charge in [-0.05, 0) is 77.0 Å². The fraction of sp³-hybridized carbons (Fsp3) is 0.750. The summed E-state index contributed by atoms with van der Waals surface area (Å²) in [5, 5.41) is 56.9. The number of aliphatic hydroxyl groups excluding tert-OH is 5. The van der Waals surface area contributed by atoms with Crippen molar-refractivity contribution in [3.05, 3.63) is 85.1 Å². The molecule has 1 rings (SSSR count). The first-order valence-corrected chi connectivity index (χ1v) is 30.4. The third-order valence-corrected chi connectivity index (χ3v) is 13.9. The van der Waals surface area contributed by atoms with Crippen molar-refractivity contribution < 1.29 is 49.3 Å². The number of allylic oxidation sites excluding steroid dienone is 13. The largest absolute Gasteiger partial charge is 0.454 e. The van der Waals surface area contributed by atoms with Gasteiger partial charge in [-0.25, -0.2) is 0 Å². The maximum atomic E-state index is 13.4.